The summed E-state index contributed by atoms with van der Waals surface area (Å²) in [6.45, 7) is 5.12. The first-order valence-corrected chi connectivity index (χ1v) is 8.08. The molecule has 2 amide bonds. The number of amides is 2. The first kappa shape index (κ1) is 17.9. The lowest BCUT2D eigenvalue weighted by molar-refractivity contribution is -0.118. The van der Waals surface area contributed by atoms with Crippen LogP contribution in [0, 0.1) is 5.82 Å². The second kappa shape index (κ2) is 7.39. The van der Waals surface area contributed by atoms with Gasteiger partial charge < -0.3 is 10.1 Å². The zero-order valence-corrected chi connectivity index (χ0v) is 14.3. The average Bonchev–Trinajstić information content (AvgIpc) is 2.95. The van der Waals surface area contributed by atoms with Crippen molar-refractivity contribution in [2.75, 3.05) is 5.32 Å². The van der Waals surface area contributed by atoms with E-state index in [1.54, 1.807) is 38.4 Å². The maximum atomic E-state index is 13.5. The molecule has 0 aliphatic rings. The SMILES string of the molecule is CC(C)(C)OC(=O)NC(C(=O)Nc1nccs1)c1cccc(F)c1. The van der Waals surface area contributed by atoms with Crippen molar-refractivity contribution in [3.63, 3.8) is 0 Å². The molecule has 1 aromatic heterocycles. The van der Waals surface area contributed by atoms with E-state index >= 15 is 0 Å². The summed E-state index contributed by atoms with van der Waals surface area (Å²) in [5.41, 5.74) is -0.419. The summed E-state index contributed by atoms with van der Waals surface area (Å²) in [5, 5.41) is 7.13. The van der Waals surface area contributed by atoms with Crippen molar-refractivity contribution in [3.8, 4) is 0 Å². The molecule has 1 atom stereocenters. The third-order valence-corrected chi connectivity index (χ3v) is 3.46. The molecule has 1 aromatic carbocycles. The number of carbonyl (C=O) groups is 2. The molecule has 0 saturated carbocycles. The van der Waals surface area contributed by atoms with Crippen molar-refractivity contribution in [1.82, 2.24) is 10.3 Å². The normalized spacial score (nSPS) is 12.3. The lowest BCUT2D eigenvalue weighted by Crippen LogP contribution is -2.40. The lowest BCUT2D eigenvalue weighted by Gasteiger charge is -2.23. The van der Waals surface area contributed by atoms with Crippen molar-refractivity contribution < 1.29 is 18.7 Å². The molecule has 0 bridgehead atoms. The standard InChI is InChI=1S/C16H18FN3O3S/c1-16(2,3)23-15(22)19-12(10-5-4-6-11(17)9-10)13(21)20-14-18-7-8-24-14/h4-9,12H,1-3H3,(H,19,22)(H,18,20,21). The van der Waals surface area contributed by atoms with Gasteiger partial charge in [-0.25, -0.2) is 14.2 Å². The molecule has 6 nitrogen and oxygen atoms in total. The molecule has 1 unspecified atom stereocenters. The molecule has 0 aliphatic heterocycles. The number of anilines is 1. The molecule has 0 spiro atoms. The summed E-state index contributed by atoms with van der Waals surface area (Å²) < 4.78 is 18.7. The van der Waals surface area contributed by atoms with Crippen molar-refractivity contribution in [2.45, 2.75) is 32.4 Å². The highest BCUT2D eigenvalue weighted by Crippen LogP contribution is 2.19. The number of ether oxygens (including phenoxy) is 1. The zero-order valence-electron chi connectivity index (χ0n) is 13.5. The highest BCUT2D eigenvalue weighted by molar-refractivity contribution is 7.13. The Hall–Kier alpha value is -2.48. The van der Waals surface area contributed by atoms with E-state index < -0.39 is 29.5 Å². The first-order valence-electron chi connectivity index (χ1n) is 7.20. The number of aromatic nitrogens is 1. The molecule has 24 heavy (non-hydrogen) atoms. The molecule has 0 radical (unpaired) electrons. The van der Waals surface area contributed by atoms with Gasteiger partial charge in [-0.2, -0.15) is 0 Å². The third kappa shape index (κ3) is 5.31. The smallest absolute Gasteiger partial charge is 0.408 e. The number of benzene rings is 1. The Labute approximate surface area is 143 Å². The number of nitrogens with zero attached hydrogens (tertiary/aromatic N) is 1. The molecule has 0 saturated heterocycles. The summed E-state index contributed by atoms with van der Waals surface area (Å²) in [6.07, 6.45) is 0.768. The van der Waals surface area contributed by atoms with Gasteiger partial charge in [0.15, 0.2) is 5.13 Å². The fraction of sp³-hybridized carbons (Fsp3) is 0.312. The predicted molar refractivity (Wildman–Crippen MR) is 89.3 cm³/mol. The quantitative estimate of drug-likeness (QED) is 0.884. The van der Waals surface area contributed by atoms with Crippen LogP contribution in [0.5, 0.6) is 0 Å². The van der Waals surface area contributed by atoms with Crippen LogP contribution in [0.25, 0.3) is 0 Å². The highest BCUT2D eigenvalue weighted by atomic mass is 32.1. The van der Waals surface area contributed by atoms with E-state index in [2.05, 4.69) is 15.6 Å². The van der Waals surface area contributed by atoms with Crippen LogP contribution in [0.2, 0.25) is 0 Å². The minimum atomic E-state index is -1.11. The second-order valence-corrected chi connectivity index (χ2v) is 6.86. The Bertz CT molecular complexity index is 714. The Kier molecular flexibility index (Phi) is 5.50. The molecule has 2 aromatic rings. The van der Waals surface area contributed by atoms with E-state index in [4.69, 9.17) is 4.74 Å². The summed E-state index contributed by atoms with van der Waals surface area (Å²) in [5.74, 6) is -1.05. The molecule has 2 rings (SSSR count). The van der Waals surface area contributed by atoms with E-state index in [0.717, 1.165) is 0 Å². The predicted octanol–water partition coefficient (Wildman–Crippen LogP) is 3.49. The Morgan fingerprint density at radius 1 is 1.33 bits per heavy atom. The van der Waals surface area contributed by atoms with Gasteiger partial charge in [-0.15, -0.1) is 11.3 Å². The van der Waals surface area contributed by atoms with E-state index in [0.29, 0.717) is 10.7 Å². The summed E-state index contributed by atoms with van der Waals surface area (Å²) >= 11 is 1.23. The monoisotopic (exact) mass is 351 g/mol. The second-order valence-electron chi connectivity index (χ2n) is 5.96. The van der Waals surface area contributed by atoms with Crippen LogP contribution < -0.4 is 10.6 Å². The van der Waals surface area contributed by atoms with Gasteiger partial charge in [0.1, 0.15) is 17.5 Å². The fourth-order valence-electron chi connectivity index (χ4n) is 1.87. The maximum absolute atomic E-state index is 13.5. The van der Waals surface area contributed by atoms with Gasteiger partial charge in [-0.05, 0) is 38.5 Å². The topological polar surface area (TPSA) is 80.3 Å². The van der Waals surface area contributed by atoms with Gasteiger partial charge in [-0.3, -0.25) is 10.1 Å². The molecule has 128 valence electrons. The van der Waals surface area contributed by atoms with Gasteiger partial charge in [0.2, 0.25) is 0 Å². The number of halogens is 1. The third-order valence-electron chi connectivity index (χ3n) is 2.77. The Balaban J connectivity index is 2.20. The highest BCUT2D eigenvalue weighted by Gasteiger charge is 2.26. The van der Waals surface area contributed by atoms with Crippen molar-refractivity contribution in [2.24, 2.45) is 0 Å². The minimum absolute atomic E-state index is 0.301. The molecule has 2 N–H and O–H groups in total. The number of alkyl carbamates (subject to hydrolysis) is 1. The van der Waals surface area contributed by atoms with Crippen LogP contribution in [-0.4, -0.2) is 22.6 Å². The van der Waals surface area contributed by atoms with Crippen molar-refractivity contribution in [1.29, 1.82) is 0 Å². The van der Waals surface area contributed by atoms with Crippen LogP contribution in [0.15, 0.2) is 35.8 Å². The Morgan fingerprint density at radius 3 is 2.67 bits per heavy atom. The summed E-state index contributed by atoms with van der Waals surface area (Å²) in [7, 11) is 0. The Morgan fingerprint density at radius 2 is 2.08 bits per heavy atom. The average molecular weight is 351 g/mol. The van der Waals surface area contributed by atoms with E-state index in [1.807, 2.05) is 0 Å². The number of carbonyl (C=O) groups excluding carboxylic acids is 2. The number of hydrogen-bond donors (Lipinski definition) is 2. The number of hydrogen-bond acceptors (Lipinski definition) is 5. The van der Waals surface area contributed by atoms with E-state index in [-0.39, 0.29) is 0 Å². The minimum Gasteiger partial charge on any atom is -0.444 e. The lowest BCUT2D eigenvalue weighted by atomic mass is 10.1. The van der Waals surface area contributed by atoms with Crippen LogP contribution in [0.1, 0.15) is 32.4 Å². The van der Waals surface area contributed by atoms with Crippen LogP contribution in [-0.2, 0) is 9.53 Å². The molecule has 1 heterocycles. The fourth-order valence-corrected chi connectivity index (χ4v) is 2.41. The largest absolute Gasteiger partial charge is 0.444 e. The van der Waals surface area contributed by atoms with E-state index in [1.165, 1.54) is 29.5 Å². The summed E-state index contributed by atoms with van der Waals surface area (Å²) in [4.78, 5) is 28.5. The van der Waals surface area contributed by atoms with Crippen LogP contribution >= 0.6 is 11.3 Å². The number of nitrogens with one attached hydrogen (secondary N) is 2. The molecule has 0 aliphatic carbocycles. The molecular weight excluding hydrogens is 333 g/mol. The van der Waals surface area contributed by atoms with Crippen molar-refractivity contribution >= 4 is 28.5 Å². The molecular formula is C16H18FN3O3S. The maximum Gasteiger partial charge on any atom is 0.408 e. The van der Waals surface area contributed by atoms with Crippen molar-refractivity contribution in [3.05, 3.63) is 47.2 Å². The van der Waals surface area contributed by atoms with Crippen LogP contribution in [0.4, 0.5) is 14.3 Å². The first-order chi connectivity index (χ1) is 11.2. The zero-order chi connectivity index (χ0) is 17.7. The molecule has 8 heteroatoms. The van der Waals surface area contributed by atoms with Gasteiger partial charge >= 0.3 is 6.09 Å². The molecule has 0 fully saturated rings. The van der Waals surface area contributed by atoms with Gasteiger partial charge in [0.05, 0.1) is 0 Å². The van der Waals surface area contributed by atoms with E-state index in [9.17, 15) is 14.0 Å². The number of thiazole rings is 1. The van der Waals surface area contributed by atoms with Gasteiger partial charge in [-0.1, -0.05) is 12.1 Å². The summed E-state index contributed by atoms with van der Waals surface area (Å²) in [6, 6.07) is 4.34. The number of rotatable bonds is 4. The van der Waals surface area contributed by atoms with Crippen LogP contribution in [0.3, 0.4) is 0 Å². The van der Waals surface area contributed by atoms with Gasteiger partial charge in [0, 0.05) is 11.6 Å². The van der Waals surface area contributed by atoms with Gasteiger partial charge in [0.25, 0.3) is 5.91 Å².